The molecule has 0 bridgehead atoms. The smallest absolute Gasteiger partial charge is 0.262 e. The van der Waals surface area contributed by atoms with Gasteiger partial charge in [0.2, 0.25) is 10.0 Å². The highest BCUT2D eigenvalue weighted by molar-refractivity contribution is 7.89. The molecular formula is C15H14ClN3O4S. The Labute approximate surface area is 144 Å². The van der Waals surface area contributed by atoms with Crippen molar-refractivity contribution in [2.75, 3.05) is 17.7 Å². The van der Waals surface area contributed by atoms with Gasteiger partial charge in [0, 0.05) is 10.7 Å². The zero-order valence-corrected chi connectivity index (χ0v) is 14.1. The summed E-state index contributed by atoms with van der Waals surface area (Å²) < 4.78 is 31.9. The average molecular weight is 368 g/mol. The molecule has 0 unspecified atom stereocenters. The van der Waals surface area contributed by atoms with Crippen molar-refractivity contribution >= 4 is 38.9 Å². The highest BCUT2D eigenvalue weighted by Crippen LogP contribution is 2.29. The Kier molecular flexibility index (Phi) is 4.35. The van der Waals surface area contributed by atoms with Crippen LogP contribution in [0.1, 0.15) is 0 Å². The maximum Gasteiger partial charge on any atom is 0.262 e. The SMILES string of the molecule is COc1ccc(NC(=O)[C@H]2Nc3ccc(Cl)cc3S(=O)(=O)N2)cc1. The van der Waals surface area contributed by atoms with Crippen molar-refractivity contribution in [2.45, 2.75) is 11.1 Å². The van der Waals surface area contributed by atoms with Crippen molar-refractivity contribution in [2.24, 2.45) is 0 Å². The van der Waals surface area contributed by atoms with Gasteiger partial charge in [-0.1, -0.05) is 11.6 Å². The Morgan fingerprint density at radius 2 is 1.92 bits per heavy atom. The van der Waals surface area contributed by atoms with Crippen LogP contribution in [0.5, 0.6) is 5.75 Å². The molecule has 1 atom stereocenters. The highest BCUT2D eigenvalue weighted by Gasteiger charge is 2.33. The Bertz CT molecular complexity index is 884. The molecule has 1 amide bonds. The van der Waals surface area contributed by atoms with Crippen molar-refractivity contribution in [3.63, 3.8) is 0 Å². The van der Waals surface area contributed by atoms with Crippen molar-refractivity contribution in [1.29, 1.82) is 0 Å². The van der Waals surface area contributed by atoms with Gasteiger partial charge >= 0.3 is 0 Å². The Morgan fingerprint density at radius 3 is 2.58 bits per heavy atom. The molecule has 7 nitrogen and oxygen atoms in total. The van der Waals surface area contributed by atoms with Crippen LogP contribution >= 0.6 is 11.6 Å². The van der Waals surface area contributed by atoms with E-state index in [1.54, 1.807) is 30.3 Å². The molecule has 24 heavy (non-hydrogen) atoms. The normalized spacial score (nSPS) is 18.2. The van der Waals surface area contributed by atoms with E-state index in [0.717, 1.165) is 0 Å². The molecule has 126 valence electrons. The second-order valence-electron chi connectivity index (χ2n) is 5.06. The van der Waals surface area contributed by atoms with Gasteiger partial charge in [-0.15, -0.1) is 0 Å². The summed E-state index contributed by atoms with van der Waals surface area (Å²) in [7, 11) is -2.30. The maximum absolute atomic E-state index is 12.3. The lowest BCUT2D eigenvalue weighted by molar-refractivity contribution is -0.117. The van der Waals surface area contributed by atoms with Gasteiger partial charge in [0.25, 0.3) is 5.91 Å². The van der Waals surface area contributed by atoms with E-state index in [-0.39, 0.29) is 4.90 Å². The number of amides is 1. The predicted octanol–water partition coefficient (Wildman–Crippen LogP) is 2.02. The van der Waals surface area contributed by atoms with Gasteiger partial charge in [0.1, 0.15) is 10.6 Å². The summed E-state index contributed by atoms with van der Waals surface area (Å²) >= 11 is 5.83. The van der Waals surface area contributed by atoms with Crippen molar-refractivity contribution in [3.05, 3.63) is 47.5 Å². The first kappa shape index (κ1) is 16.6. The number of anilines is 2. The Hall–Kier alpha value is -2.29. The number of fused-ring (bicyclic) bond motifs is 1. The van der Waals surface area contributed by atoms with Crippen LogP contribution in [0.25, 0.3) is 0 Å². The van der Waals surface area contributed by atoms with E-state index in [2.05, 4.69) is 15.4 Å². The molecule has 0 saturated carbocycles. The quantitative estimate of drug-likeness (QED) is 0.771. The van der Waals surface area contributed by atoms with E-state index in [0.29, 0.717) is 22.1 Å². The molecule has 0 radical (unpaired) electrons. The first-order chi connectivity index (χ1) is 11.4. The Morgan fingerprint density at radius 1 is 1.21 bits per heavy atom. The number of benzene rings is 2. The van der Waals surface area contributed by atoms with Gasteiger partial charge in [0.05, 0.1) is 12.8 Å². The summed E-state index contributed by atoms with van der Waals surface area (Å²) in [5.74, 6) is 0.111. The van der Waals surface area contributed by atoms with E-state index < -0.39 is 22.1 Å². The number of methoxy groups -OCH3 is 1. The van der Waals surface area contributed by atoms with Crippen LogP contribution in [0.4, 0.5) is 11.4 Å². The van der Waals surface area contributed by atoms with Crippen LogP contribution in [0.2, 0.25) is 5.02 Å². The molecule has 1 heterocycles. The molecule has 2 aromatic rings. The molecule has 0 fully saturated rings. The molecule has 0 spiro atoms. The number of carbonyl (C=O) groups excluding carboxylic acids is 1. The van der Waals surface area contributed by atoms with E-state index >= 15 is 0 Å². The molecular weight excluding hydrogens is 354 g/mol. The number of nitrogens with one attached hydrogen (secondary N) is 3. The number of carbonyl (C=O) groups is 1. The van der Waals surface area contributed by atoms with E-state index in [1.807, 2.05) is 0 Å². The van der Waals surface area contributed by atoms with Crippen LogP contribution in [0.3, 0.4) is 0 Å². The van der Waals surface area contributed by atoms with E-state index in [1.165, 1.54) is 19.2 Å². The van der Waals surface area contributed by atoms with Crippen LogP contribution < -0.4 is 20.1 Å². The minimum absolute atomic E-state index is 0.00324. The van der Waals surface area contributed by atoms with Crippen molar-refractivity contribution in [3.8, 4) is 5.75 Å². The minimum Gasteiger partial charge on any atom is -0.497 e. The first-order valence-corrected chi connectivity index (χ1v) is 8.78. The fraction of sp³-hybridized carbons (Fsp3) is 0.133. The summed E-state index contributed by atoms with van der Waals surface area (Å²) in [4.78, 5) is 12.3. The second kappa shape index (κ2) is 6.31. The average Bonchev–Trinajstić information content (AvgIpc) is 2.55. The van der Waals surface area contributed by atoms with Gasteiger partial charge < -0.3 is 15.4 Å². The predicted molar refractivity (Wildman–Crippen MR) is 90.8 cm³/mol. The van der Waals surface area contributed by atoms with Crippen LogP contribution in [-0.4, -0.2) is 27.6 Å². The minimum atomic E-state index is -3.84. The molecule has 3 rings (SSSR count). The largest absolute Gasteiger partial charge is 0.497 e. The van der Waals surface area contributed by atoms with Crippen LogP contribution in [-0.2, 0) is 14.8 Å². The summed E-state index contributed by atoms with van der Waals surface area (Å²) in [5, 5.41) is 5.76. The van der Waals surface area contributed by atoms with Gasteiger partial charge in [-0.05, 0) is 42.5 Å². The molecule has 0 aromatic heterocycles. The summed E-state index contributed by atoms with van der Waals surface area (Å²) in [5.41, 5.74) is 0.830. The van der Waals surface area contributed by atoms with Crippen LogP contribution in [0.15, 0.2) is 47.4 Å². The second-order valence-corrected chi connectivity index (χ2v) is 7.18. The monoisotopic (exact) mass is 367 g/mol. The maximum atomic E-state index is 12.3. The first-order valence-electron chi connectivity index (χ1n) is 6.92. The van der Waals surface area contributed by atoms with Gasteiger partial charge in [-0.3, -0.25) is 4.79 Å². The lowest BCUT2D eigenvalue weighted by Crippen LogP contribution is -2.51. The third kappa shape index (κ3) is 3.30. The number of rotatable bonds is 3. The fourth-order valence-corrected chi connectivity index (χ4v) is 3.79. The highest BCUT2D eigenvalue weighted by atomic mass is 35.5. The molecule has 1 aliphatic rings. The zero-order valence-electron chi connectivity index (χ0n) is 12.5. The zero-order chi connectivity index (χ0) is 17.3. The fourth-order valence-electron chi connectivity index (χ4n) is 2.25. The third-order valence-corrected chi connectivity index (χ3v) is 5.12. The standard InChI is InChI=1S/C15H14ClN3O4S/c1-23-11-5-3-10(4-6-11)17-15(20)14-18-12-7-2-9(16)8-13(12)24(21,22)19-14/h2-8,14,18-19H,1H3,(H,17,20)/t14-/m0/s1. The van der Waals surface area contributed by atoms with Crippen LogP contribution in [0, 0.1) is 0 Å². The number of hydrogen-bond donors (Lipinski definition) is 3. The number of halogens is 1. The van der Waals surface area contributed by atoms with Gasteiger partial charge in [-0.2, -0.15) is 4.72 Å². The Balaban J connectivity index is 1.80. The molecule has 1 aliphatic heterocycles. The molecule has 0 aliphatic carbocycles. The molecule has 0 saturated heterocycles. The van der Waals surface area contributed by atoms with Crippen molar-refractivity contribution in [1.82, 2.24) is 4.72 Å². The summed E-state index contributed by atoms with van der Waals surface area (Å²) in [6, 6.07) is 11.1. The third-order valence-electron chi connectivity index (χ3n) is 3.43. The lowest BCUT2D eigenvalue weighted by atomic mass is 10.2. The lowest BCUT2D eigenvalue weighted by Gasteiger charge is -2.27. The van der Waals surface area contributed by atoms with Gasteiger partial charge in [0.15, 0.2) is 6.17 Å². The topological polar surface area (TPSA) is 96.5 Å². The summed E-state index contributed by atoms with van der Waals surface area (Å²) in [6.07, 6.45) is -1.13. The number of sulfonamides is 1. The molecule has 2 aromatic carbocycles. The molecule has 3 N–H and O–H groups in total. The summed E-state index contributed by atoms with van der Waals surface area (Å²) in [6.45, 7) is 0. The van der Waals surface area contributed by atoms with E-state index in [4.69, 9.17) is 16.3 Å². The van der Waals surface area contributed by atoms with Crippen molar-refractivity contribution < 1.29 is 17.9 Å². The number of ether oxygens (including phenoxy) is 1. The van der Waals surface area contributed by atoms with E-state index in [9.17, 15) is 13.2 Å². The number of hydrogen-bond acceptors (Lipinski definition) is 5. The van der Waals surface area contributed by atoms with Gasteiger partial charge in [-0.25, -0.2) is 8.42 Å². The molecule has 9 heteroatoms.